The fourth-order valence-corrected chi connectivity index (χ4v) is 2.58. The Balaban J connectivity index is 1.80. The highest BCUT2D eigenvalue weighted by Gasteiger charge is 2.25. The van der Waals surface area contributed by atoms with Crippen LogP contribution in [0.4, 0.5) is 0 Å². The number of hydrogen-bond donors (Lipinski definition) is 1. The first-order chi connectivity index (χ1) is 10.1. The minimum absolute atomic E-state index is 0.0211. The van der Waals surface area contributed by atoms with Gasteiger partial charge in [0.1, 0.15) is 0 Å². The summed E-state index contributed by atoms with van der Waals surface area (Å²) in [7, 11) is 0. The smallest absolute Gasteiger partial charge is 0.258 e. The lowest BCUT2D eigenvalue weighted by molar-refractivity contribution is -0.122. The molecule has 1 fully saturated rings. The molecule has 0 radical (unpaired) electrons. The third kappa shape index (κ3) is 4.18. The topological polar surface area (TPSA) is 65.8 Å². The predicted octanol–water partition coefficient (Wildman–Crippen LogP) is 1.10. The van der Waals surface area contributed by atoms with E-state index in [1.807, 2.05) is 4.90 Å². The zero-order chi connectivity index (χ0) is 15.2. The molecule has 114 valence electrons. The average Bonchev–Trinajstić information content (AvgIpc) is 2.91. The first-order valence-electron chi connectivity index (χ1n) is 6.74. The van der Waals surface area contributed by atoms with E-state index in [0.717, 1.165) is 0 Å². The van der Waals surface area contributed by atoms with Crippen molar-refractivity contribution in [3.8, 4) is 0 Å². The Bertz CT molecular complexity index is 521. The van der Waals surface area contributed by atoms with E-state index in [-0.39, 0.29) is 11.8 Å². The SMILES string of the molecule is C=CCNC(=O)CN1CCN(C(=O)c2ccoc2Br)CC1. The molecular weight excluding hydrogens is 338 g/mol. The minimum Gasteiger partial charge on any atom is -0.457 e. The van der Waals surface area contributed by atoms with Crippen LogP contribution in [0.15, 0.2) is 34.1 Å². The number of nitrogens with one attached hydrogen (secondary N) is 1. The zero-order valence-electron chi connectivity index (χ0n) is 11.7. The van der Waals surface area contributed by atoms with Gasteiger partial charge in [-0.3, -0.25) is 14.5 Å². The van der Waals surface area contributed by atoms with Crippen LogP contribution in [0.5, 0.6) is 0 Å². The number of hydrogen-bond acceptors (Lipinski definition) is 4. The second-order valence-corrected chi connectivity index (χ2v) is 5.49. The maximum atomic E-state index is 12.3. The van der Waals surface area contributed by atoms with E-state index in [4.69, 9.17) is 4.42 Å². The normalized spacial score (nSPS) is 15.8. The molecule has 2 rings (SSSR count). The van der Waals surface area contributed by atoms with Crippen molar-refractivity contribution in [2.45, 2.75) is 0 Å². The van der Waals surface area contributed by atoms with Crippen LogP contribution in [0.3, 0.4) is 0 Å². The van der Waals surface area contributed by atoms with Gasteiger partial charge < -0.3 is 14.6 Å². The molecule has 6 nitrogen and oxygen atoms in total. The molecule has 1 aliphatic rings. The quantitative estimate of drug-likeness (QED) is 0.803. The minimum atomic E-state index is -0.0496. The van der Waals surface area contributed by atoms with E-state index in [0.29, 0.717) is 49.5 Å². The summed E-state index contributed by atoms with van der Waals surface area (Å²) in [5.74, 6) is -0.0707. The first kappa shape index (κ1) is 15.8. The van der Waals surface area contributed by atoms with Crippen LogP contribution < -0.4 is 5.32 Å². The van der Waals surface area contributed by atoms with Gasteiger partial charge in [0.15, 0.2) is 4.67 Å². The zero-order valence-corrected chi connectivity index (χ0v) is 13.3. The van der Waals surface area contributed by atoms with Crippen molar-refractivity contribution in [1.29, 1.82) is 0 Å². The molecule has 0 unspecified atom stereocenters. The molecule has 0 bridgehead atoms. The molecule has 1 N–H and O–H groups in total. The summed E-state index contributed by atoms with van der Waals surface area (Å²) < 4.78 is 5.54. The van der Waals surface area contributed by atoms with Crippen LogP contribution in [-0.2, 0) is 4.79 Å². The lowest BCUT2D eigenvalue weighted by Gasteiger charge is -2.34. The Labute approximate surface area is 131 Å². The summed E-state index contributed by atoms with van der Waals surface area (Å²) >= 11 is 3.22. The van der Waals surface area contributed by atoms with Crippen molar-refractivity contribution in [1.82, 2.24) is 15.1 Å². The third-order valence-corrected chi connectivity index (χ3v) is 3.93. The molecule has 0 saturated carbocycles. The molecule has 1 aromatic heterocycles. The summed E-state index contributed by atoms with van der Waals surface area (Å²) in [6.45, 7) is 6.96. The maximum Gasteiger partial charge on any atom is 0.258 e. The molecule has 1 aliphatic heterocycles. The molecule has 2 heterocycles. The number of amides is 2. The summed E-state index contributed by atoms with van der Waals surface area (Å²) in [4.78, 5) is 27.7. The van der Waals surface area contributed by atoms with Crippen LogP contribution in [0.25, 0.3) is 0 Å². The Hall–Kier alpha value is -1.60. The molecule has 1 aromatic rings. The monoisotopic (exact) mass is 355 g/mol. The van der Waals surface area contributed by atoms with Crippen LogP contribution in [0, 0.1) is 0 Å². The van der Waals surface area contributed by atoms with Crippen molar-refractivity contribution >= 4 is 27.7 Å². The van der Waals surface area contributed by atoms with Gasteiger partial charge in [0, 0.05) is 32.7 Å². The third-order valence-electron chi connectivity index (χ3n) is 3.32. The molecule has 1 saturated heterocycles. The number of piperazine rings is 1. The highest BCUT2D eigenvalue weighted by atomic mass is 79.9. The molecule has 0 atom stereocenters. The van der Waals surface area contributed by atoms with Gasteiger partial charge in [-0.2, -0.15) is 0 Å². The van der Waals surface area contributed by atoms with Crippen molar-refractivity contribution in [2.75, 3.05) is 39.3 Å². The molecule has 2 amide bonds. The standard InChI is InChI=1S/C14H18BrN3O3/c1-2-4-16-12(19)10-17-5-7-18(8-6-17)14(20)11-3-9-21-13(11)15/h2-3,9H,1,4-8,10H2,(H,16,19). The Morgan fingerprint density at radius 3 is 2.67 bits per heavy atom. The average molecular weight is 356 g/mol. The van der Waals surface area contributed by atoms with Crippen LogP contribution >= 0.6 is 15.9 Å². The van der Waals surface area contributed by atoms with Crippen molar-refractivity contribution in [3.63, 3.8) is 0 Å². The van der Waals surface area contributed by atoms with Gasteiger partial charge in [-0.25, -0.2) is 0 Å². The maximum absolute atomic E-state index is 12.3. The van der Waals surface area contributed by atoms with Crippen LogP contribution in [0.1, 0.15) is 10.4 Å². The second kappa shape index (κ2) is 7.42. The molecule has 0 spiro atoms. The van der Waals surface area contributed by atoms with Gasteiger partial charge in [-0.05, 0) is 22.0 Å². The Morgan fingerprint density at radius 1 is 1.38 bits per heavy atom. The number of carbonyl (C=O) groups is 2. The number of furan rings is 1. The van der Waals surface area contributed by atoms with E-state index in [1.54, 1.807) is 17.0 Å². The lowest BCUT2D eigenvalue weighted by Crippen LogP contribution is -2.51. The molecule has 21 heavy (non-hydrogen) atoms. The molecule has 0 aliphatic carbocycles. The van der Waals surface area contributed by atoms with Crippen molar-refractivity contribution in [2.24, 2.45) is 0 Å². The van der Waals surface area contributed by atoms with Gasteiger partial charge in [0.2, 0.25) is 5.91 Å². The molecule has 7 heteroatoms. The summed E-state index contributed by atoms with van der Waals surface area (Å²) in [5.41, 5.74) is 0.534. The summed E-state index contributed by atoms with van der Waals surface area (Å²) in [6, 6.07) is 1.65. The summed E-state index contributed by atoms with van der Waals surface area (Å²) in [5, 5.41) is 2.75. The fraction of sp³-hybridized carbons (Fsp3) is 0.429. The van der Waals surface area contributed by atoms with Gasteiger partial charge >= 0.3 is 0 Å². The number of nitrogens with zero attached hydrogens (tertiary/aromatic N) is 2. The lowest BCUT2D eigenvalue weighted by atomic mass is 10.2. The van der Waals surface area contributed by atoms with E-state index in [1.165, 1.54) is 6.26 Å². The van der Waals surface area contributed by atoms with E-state index in [9.17, 15) is 9.59 Å². The van der Waals surface area contributed by atoms with Crippen molar-refractivity contribution in [3.05, 3.63) is 35.2 Å². The fourth-order valence-electron chi connectivity index (χ4n) is 2.17. The van der Waals surface area contributed by atoms with Gasteiger partial charge in [0.25, 0.3) is 5.91 Å². The molecule has 0 aromatic carbocycles. The van der Waals surface area contributed by atoms with Gasteiger partial charge in [-0.1, -0.05) is 6.08 Å². The number of rotatable bonds is 5. The van der Waals surface area contributed by atoms with E-state index in [2.05, 4.69) is 27.8 Å². The summed E-state index contributed by atoms with van der Waals surface area (Å²) in [6.07, 6.45) is 3.13. The van der Waals surface area contributed by atoms with E-state index < -0.39 is 0 Å². The van der Waals surface area contributed by atoms with E-state index >= 15 is 0 Å². The Kier molecular flexibility index (Phi) is 5.58. The molecular formula is C14H18BrN3O3. The van der Waals surface area contributed by atoms with Crippen LogP contribution in [-0.4, -0.2) is 60.9 Å². The van der Waals surface area contributed by atoms with Gasteiger partial charge in [0.05, 0.1) is 18.4 Å². The number of carbonyl (C=O) groups excluding carboxylic acids is 2. The van der Waals surface area contributed by atoms with Gasteiger partial charge in [-0.15, -0.1) is 6.58 Å². The Morgan fingerprint density at radius 2 is 2.10 bits per heavy atom. The highest BCUT2D eigenvalue weighted by molar-refractivity contribution is 9.10. The number of halogens is 1. The van der Waals surface area contributed by atoms with Crippen LogP contribution in [0.2, 0.25) is 0 Å². The van der Waals surface area contributed by atoms with Crippen molar-refractivity contribution < 1.29 is 14.0 Å². The largest absolute Gasteiger partial charge is 0.457 e. The first-order valence-corrected chi connectivity index (χ1v) is 7.53. The second-order valence-electron chi connectivity index (χ2n) is 4.77. The predicted molar refractivity (Wildman–Crippen MR) is 82.0 cm³/mol. The highest BCUT2D eigenvalue weighted by Crippen LogP contribution is 2.20.